The van der Waals surface area contributed by atoms with E-state index >= 15 is 0 Å². The SMILES string of the molecule is CO[C@H]1/C=C/O[C@@]2(C)Oc3c(C)c(O)c4c(O)c(c5c(c4c3C2=O)=NC2(CCN(C(=O)OC(C)(C)C)C2)CN=5)NC(=O)/C(C)=C\C=C\[C@H](C)[C@H](O)[C@@H](C)[C@@H](O)[C@@H](C)[C@H](OC(C)=O)[C@@H]1C. The monoisotopic (exact) mass is 890 g/mol. The molecule has 2 aromatic carbocycles. The standard InChI is InChI=1S/C47H62N4O13/c1-22-14-13-15-23(2)43(58)49-35-34-33(50-47(20-48-34)17-18-51(21-47)44(59)64-45(8,9)10)30-31(39(35)56)38(55)27(6)41-32(30)42(57)46(11,63-41)61-19-16-29(60-12)24(3)40(62-28(7)52)26(5)37(54)25(4)36(22)53/h13-16,19,22,24-26,29,36-37,40,53-56H,17-18,20-21H2,1-12H3,(H,49,58)/b14-13+,19-16+,23-15-/t22-,24+,25+,26+,29-,36-,37+,40+,46-,47?/m0/s1. The van der Waals surface area contributed by atoms with E-state index < -0.39 is 100 Å². The molecule has 0 radical (unpaired) electrons. The van der Waals surface area contributed by atoms with Gasteiger partial charge < -0.3 is 54.3 Å². The zero-order chi connectivity index (χ0) is 47.4. The van der Waals surface area contributed by atoms with E-state index in [4.69, 9.17) is 33.7 Å². The van der Waals surface area contributed by atoms with Gasteiger partial charge in [0.15, 0.2) is 5.75 Å². The van der Waals surface area contributed by atoms with Crippen LogP contribution in [0.2, 0.25) is 0 Å². The Kier molecular flexibility index (Phi) is 13.3. The van der Waals surface area contributed by atoms with E-state index in [1.165, 1.54) is 51.2 Å². The number of esters is 1. The minimum Gasteiger partial charge on any atom is -0.507 e. The van der Waals surface area contributed by atoms with Crippen LogP contribution in [0.1, 0.15) is 91.6 Å². The number of phenols is 2. The third-order valence-corrected chi connectivity index (χ3v) is 12.8. The Bertz CT molecular complexity index is 2460. The zero-order valence-electron chi connectivity index (χ0n) is 38.6. The molecule has 348 valence electrons. The first-order chi connectivity index (χ1) is 29.8. The van der Waals surface area contributed by atoms with Gasteiger partial charge in [0.05, 0.1) is 54.0 Å². The molecule has 64 heavy (non-hydrogen) atoms. The Morgan fingerprint density at radius 3 is 2.30 bits per heavy atom. The van der Waals surface area contributed by atoms with Crippen LogP contribution in [0, 0.1) is 30.6 Å². The summed E-state index contributed by atoms with van der Waals surface area (Å²) >= 11 is 0. The normalized spacial score (nSPS) is 33.0. The number of phenolic OH excluding ortho intramolecular Hbond substituents is 2. The number of aromatic hydroxyl groups is 2. The number of carbonyl (C=O) groups is 4. The molecule has 17 heteroatoms. The van der Waals surface area contributed by atoms with E-state index in [2.05, 4.69) is 5.32 Å². The van der Waals surface area contributed by atoms with Gasteiger partial charge in [0.1, 0.15) is 39.8 Å². The average Bonchev–Trinajstić information content (AvgIpc) is 3.76. The summed E-state index contributed by atoms with van der Waals surface area (Å²) in [5.41, 5.74) is -1.68. The number of methoxy groups -OCH3 is 1. The fraction of sp³-hybridized carbons (Fsp3) is 0.574. The van der Waals surface area contributed by atoms with Crippen LogP contribution >= 0.6 is 0 Å². The lowest BCUT2D eigenvalue weighted by Gasteiger charge is -2.38. The molecule has 1 unspecified atom stereocenters. The molecule has 10 atom stereocenters. The van der Waals surface area contributed by atoms with Crippen molar-refractivity contribution in [1.82, 2.24) is 4.90 Å². The number of anilines is 1. The quantitative estimate of drug-likeness (QED) is 0.204. The predicted molar refractivity (Wildman–Crippen MR) is 234 cm³/mol. The molecular weight excluding hydrogens is 829 g/mol. The van der Waals surface area contributed by atoms with Gasteiger partial charge >= 0.3 is 17.8 Å². The van der Waals surface area contributed by atoms with Gasteiger partial charge in [-0.1, -0.05) is 45.9 Å². The summed E-state index contributed by atoms with van der Waals surface area (Å²) < 4.78 is 29.6. The van der Waals surface area contributed by atoms with Gasteiger partial charge in [0.25, 0.3) is 11.7 Å². The summed E-state index contributed by atoms with van der Waals surface area (Å²) in [6.07, 6.45) is 3.49. The van der Waals surface area contributed by atoms with Crippen molar-refractivity contribution in [2.75, 3.05) is 32.1 Å². The van der Waals surface area contributed by atoms with Crippen molar-refractivity contribution in [3.8, 4) is 17.2 Å². The molecule has 1 saturated heterocycles. The Morgan fingerprint density at radius 2 is 1.66 bits per heavy atom. The molecule has 2 aromatic rings. The molecule has 17 nitrogen and oxygen atoms in total. The number of benzene rings is 2. The number of Topliss-reactive ketones (excluding diaryl/α,β-unsaturated/α-hetero) is 1. The van der Waals surface area contributed by atoms with Gasteiger partial charge in [0, 0.05) is 67.7 Å². The number of likely N-dealkylation sites (tertiary alicyclic amines) is 1. The van der Waals surface area contributed by atoms with Crippen molar-refractivity contribution in [1.29, 1.82) is 0 Å². The van der Waals surface area contributed by atoms with Crippen molar-refractivity contribution in [3.63, 3.8) is 0 Å². The number of hydrogen-bond acceptors (Lipinski definition) is 15. The van der Waals surface area contributed by atoms with E-state index in [9.17, 15) is 39.6 Å². The summed E-state index contributed by atoms with van der Waals surface area (Å²) in [6.45, 7) is 18.4. The molecule has 0 aliphatic carbocycles. The number of fused-ring (bicyclic) bond motifs is 1. The van der Waals surface area contributed by atoms with Crippen LogP contribution in [-0.4, -0.2) is 117 Å². The summed E-state index contributed by atoms with van der Waals surface area (Å²) in [6, 6.07) is 0. The molecule has 0 aromatic heterocycles. The van der Waals surface area contributed by atoms with Crippen LogP contribution in [0.15, 0.2) is 46.1 Å². The second-order valence-electron chi connectivity index (χ2n) is 18.9. The Labute approximate surface area is 372 Å². The highest BCUT2D eigenvalue weighted by Crippen LogP contribution is 2.49. The van der Waals surface area contributed by atoms with Crippen LogP contribution in [0.4, 0.5) is 10.5 Å². The average molecular weight is 891 g/mol. The van der Waals surface area contributed by atoms with Crippen LogP contribution < -0.4 is 20.8 Å². The summed E-state index contributed by atoms with van der Waals surface area (Å²) in [5.74, 6) is -7.49. The second-order valence-corrected chi connectivity index (χ2v) is 18.9. The highest BCUT2D eigenvalue weighted by Gasteiger charge is 2.50. The maximum atomic E-state index is 14.8. The highest BCUT2D eigenvalue weighted by atomic mass is 16.7. The first kappa shape index (κ1) is 47.9. The number of ketones is 1. The molecule has 4 aliphatic heterocycles. The number of nitrogens with one attached hydrogen (secondary N) is 1. The summed E-state index contributed by atoms with van der Waals surface area (Å²) in [5, 5.41) is 49.7. The second kappa shape index (κ2) is 17.8. The molecule has 4 heterocycles. The molecule has 4 aliphatic rings. The third kappa shape index (κ3) is 8.94. The number of carbonyl (C=O) groups excluding carboxylic acids is 4. The van der Waals surface area contributed by atoms with Crippen molar-refractivity contribution in [2.24, 2.45) is 33.7 Å². The fourth-order valence-corrected chi connectivity index (χ4v) is 9.03. The Morgan fingerprint density at radius 1 is 0.969 bits per heavy atom. The number of allylic oxidation sites excluding steroid dienone is 2. The molecule has 4 bridgehead atoms. The van der Waals surface area contributed by atoms with Gasteiger partial charge in [-0.2, -0.15) is 0 Å². The van der Waals surface area contributed by atoms with Gasteiger partial charge in [-0.25, -0.2) is 4.79 Å². The van der Waals surface area contributed by atoms with Crippen molar-refractivity contribution in [3.05, 3.63) is 58.0 Å². The third-order valence-electron chi connectivity index (χ3n) is 12.8. The molecular formula is C47H62N4O13. The predicted octanol–water partition coefficient (Wildman–Crippen LogP) is 4.68. The Balaban J connectivity index is 1.56. The fourth-order valence-electron chi connectivity index (χ4n) is 9.03. The number of hydrogen-bond donors (Lipinski definition) is 5. The van der Waals surface area contributed by atoms with E-state index in [1.807, 2.05) is 0 Å². The van der Waals surface area contributed by atoms with Crippen LogP contribution in [0.25, 0.3) is 10.8 Å². The smallest absolute Gasteiger partial charge is 0.410 e. The lowest BCUT2D eigenvalue weighted by atomic mass is 9.78. The number of aliphatic hydroxyl groups excluding tert-OH is 2. The first-order valence-corrected chi connectivity index (χ1v) is 21.6. The minimum atomic E-state index is -2.03. The van der Waals surface area contributed by atoms with E-state index in [0.717, 1.165) is 0 Å². The lowest BCUT2D eigenvalue weighted by molar-refractivity contribution is -0.160. The first-order valence-electron chi connectivity index (χ1n) is 21.6. The topological polar surface area (TPSA) is 235 Å². The molecule has 1 fully saturated rings. The molecule has 5 N–H and O–H groups in total. The van der Waals surface area contributed by atoms with Crippen molar-refractivity contribution < 1.29 is 63.3 Å². The largest absolute Gasteiger partial charge is 0.507 e. The number of amides is 2. The van der Waals surface area contributed by atoms with Gasteiger partial charge in [0.2, 0.25) is 0 Å². The zero-order valence-corrected chi connectivity index (χ0v) is 38.6. The van der Waals surface area contributed by atoms with Crippen LogP contribution in [0.3, 0.4) is 0 Å². The van der Waals surface area contributed by atoms with Gasteiger partial charge in [-0.05, 0) is 47.1 Å². The van der Waals surface area contributed by atoms with E-state index in [1.54, 1.807) is 67.5 Å². The number of rotatable bonds is 2. The lowest BCUT2D eigenvalue weighted by Crippen LogP contribution is -2.47. The summed E-state index contributed by atoms with van der Waals surface area (Å²) in [7, 11) is 1.45. The van der Waals surface area contributed by atoms with Crippen LogP contribution in [-0.2, 0) is 28.5 Å². The maximum Gasteiger partial charge on any atom is 0.410 e. The van der Waals surface area contributed by atoms with E-state index in [-0.39, 0.29) is 62.7 Å². The van der Waals surface area contributed by atoms with Crippen molar-refractivity contribution in [2.45, 2.75) is 124 Å². The molecule has 2 amide bonds. The van der Waals surface area contributed by atoms with Crippen LogP contribution in [0.5, 0.6) is 17.2 Å². The number of aliphatic hydroxyl groups is 2. The number of nitrogens with zero attached hydrogens (tertiary/aromatic N) is 3. The molecule has 1 spiro atoms. The Hall–Kier alpha value is -5.52. The molecule has 6 rings (SSSR count). The summed E-state index contributed by atoms with van der Waals surface area (Å²) in [4.78, 5) is 66.0. The van der Waals surface area contributed by atoms with Crippen molar-refractivity contribution >= 4 is 40.2 Å². The maximum absolute atomic E-state index is 14.8. The van der Waals surface area contributed by atoms with Gasteiger partial charge in [-0.3, -0.25) is 24.4 Å². The highest BCUT2D eigenvalue weighted by molar-refractivity contribution is 6.19. The number of ether oxygens (including phenoxy) is 5. The minimum absolute atomic E-state index is 0.00929. The molecule has 0 saturated carbocycles. The van der Waals surface area contributed by atoms with Gasteiger partial charge in [-0.15, -0.1) is 0 Å². The van der Waals surface area contributed by atoms with E-state index in [0.29, 0.717) is 13.0 Å².